The lowest BCUT2D eigenvalue weighted by atomic mass is 9.84. The van der Waals surface area contributed by atoms with Crippen molar-refractivity contribution in [2.24, 2.45) is 5.92 Å². The van der Waals surface area contributed by atoms with Crippen molar-refractivity contribution in [1.29, 1.82) is 0 Å². The highest BCUT2D eigenvalue weighted by Crippen LogP contribution is 2.34. The second-order valence-electron chi connectivity index (χ2n) is 14.2. The molecule has 0 spiro atoms. The van der Waals surface area contributed by atoms with E-state index < -0.39 is 0 Å². The maximum atomic E-state index is 13.8. The average Bonchev–Trinajstić information content (AvgIpc) is 3.40. The molecule has 1 N–H and O–H groups in total. The van der Waals surface area contributed by atoms with Crippen LogP contribution in [0.4, 0.5) is 5.82 Å². The predicted octanol–water partition coefficient (Wildman–Crippen LogP) is 8.68. The molecule has 6 heteroatoms. The van der Waals surface area contributed by atoms with E-state index in [4.69, 9.17) is 5.10 Å². The maximum Gasteiger partial charge on any atom is 0.239 e. The first-order valence-electron chi connectivity index (χ1n) is 18.3. The molecule has 1 atom stereocenters. The van der Waals surface area contributed by atoms with Crippen LogP contribution in [0.1, 0.15) is 87.7 Å². The van der Waals surface area contributed by atoms with Gasteiger partial charge in [-0.05, 0) is 93.3 Å². The molecular formula is C41H51N5O. The number of carbonyl (C=O) groups is 1. The molecule has 3 aliphatic rings. The van der Waals surface area contributed by atoms with E-state index in [1.54, 1.807) is 0 Å². The van der Waals surface area contributed by atoms with Gasteiger partial charge in [0.25, 0.3) is 0 Å². The average molecular weight is 630 g/mol. The van der Waals surface area contributed by atoms with E-state index in [1.807, 2.05) is 41.1 Å². The van der Waals surface area contributed by atoms with E-state index in [0.29, 0.717) is 24.4 Å². The van der Waals surface area contributed by atoms with Crippen molar-refractivity contribution in [2.75, 3.05) is 31.5 Å². The van der Waals surface area contributed by atoms with E-state index in [0.717, 1.165) is 48.9 Å². The lowest BCUT2D eigenvalue weighted by Gasteiger charge is -2.40. The molecule has 1 saturated carbocycles. The highest BCUT2D eigenvalue weighted by atomic mass is 16.2. The molecule has 4 aromatic rings. The molecule has 7 rings (SSSR count). The fraction of sp³-hybridized carbons (Fsp3) is 0.463. The number of aromatic nitrogens is 2. The number of benzene rings is 3. The first-order chi connectivity index (χ1) is 23.2. The minimum atomic E-state index is 0.0506. The summed E-state index contributed by atoms with van der Waals surface area (Å²) in [4.78, 5) is 18.9. The van der Waals surface area contributed by atoms with Crippen LogP contribution in [-0.4, -0.2) is 57.7 Å². The van der Waals surface area contributed by atoms with Crippen molar-refractivity contribution in [3.8, 4) is 16.9 Å². The van der Waals surface area contributed by atoms with Crippen LogP contribution in [0.3, 0.4) is 0 Å². The van der Waals surface area contributed by atoms with Gasteiger partial charge in [-0.25, -0.2) is 4.68 Å². The summed E-state index contributed by atoms with van der Waals surface area (Å²) in [6.07, 6.45) is 13.9. The van der Waals surface area contributed by atoms with Gasteiger partial charge < -0.3 is 5.32 Å². The van der Waals surface area contributed by atoms with Gasteiger partial charge in [-0.3, -0.25) is 14.6 Å². The number of hydrogen-bond donors (Lipinski definition) is 1. The van der Waals surface area contributed by atoms with Gasteiger partial charge in [0, 0.05) is 24.2 Å². The molecule has 0 bridgehead atoms. The fourth-order valence-electron chi connectivity index (χ4n) is 8.37. The van der Waals surface area contributed by atoms with Gasteiger partial charge in [0.05, 0.1) is 17.9 Å². The number of piperidine rings is 1. The molecule has 3 heterocycles. The summed E-state index contributed by atoms with van der Waals surface area (Å²) in [6, 6.07) is 32.5. The fourth-order valence-corrected chi connectivity index (χ4v) is 8.37. The maximum absolute atomic E-state index is 13.8. The molecule has 1 unspecified atom stereocenters. The van der Waals surface area contributed by atoms with Crippen LogP contribution in [0.5, 0.6) is 0 Å². The number of likely N-dealkylation sites (tertiary alicyclic amines) is 2. The van der Waals surface area contributed by atoms with Crippen molar-refractivity contribution in [2.45, 2.75) is 89.1 Å². The Bertz CT molecular complexity index is 1550. The third kappa shape index (κ3) is 8.05. The Balaban J connectivity index is 1.04. The minimum Gasteiger partial charge on any atom is -0.309 e. The molecule has 0 radical (unpaired) electrons. The van der Waals surface area contributed by atoms with E-state index in [2.05, 4.69) is 69.7 Å². The largest absolute Gasteiger partial charge is 0.309 e. The van der Waals surface area contributed by atoms with Gasteiger partial charge in [0.15, 0.2) is 0 Å². The molecule has 6 nitrogen and oxygen atoms in total. The van der Waals surface area contributed by atoms with Crippen LogP contribution in [-0.2, 0) is 11.3 Å². The van der Waals surface area contributed by atoms with E-state index >= 15 is 0 Å². The number of rotatable bonds is 9. The Morgan fingerprint density at radius 3 is 2.15 bits per heavy atom. The monoisotopic (exact) mass is 629 g/mol. The van der Waals surface area contributed by atoms with Crippen LogP contribution in [0.2, 0.25) is 0 Å². The summed E-state index contributed by atoms with van der Waals surface area (Å²) in [5, 5.41) is 8.32. The summed E-state index contributed by atoms with van der Waals surface area (Å²) >= 11 is 0. The number of anilines is 1. The van der Waals surface area contributed by atoms with Crippen molar-refractivity contribution in [3.05, 3.63) is 102 Å². The van der Waals surface area contributed by atoms with Gasteiger partial charge in [0.1, 0.15) is 5.82 Å². The standard InChI is InChI=1S/C41H51N5O/c47-41(31-45-26-12-4-11-19-39(45)36-24-27-44(28-25-36)30-32-13-5-1-6-14-32)42-40-29-38(43-46(40)37-17-9-3-10-18-37)35-22-20-34(21-23-35)33-15-7-2-8-16-33/h1,3,5-6,9-10,13-14,17-18,20-23,29,33,36,39H,2,4,7-8,11-12,15-16,19,24-28,30-31H2,(H,42,47). The normalized spacial score (nSPS) is 20.6. The Kier molecular flexibility index (Phi) is 10.5. The van der Waals surface area contributed by atoms with Crippen LogP contribution in [0, 0.1) is 5.92 Å². The minimum absolute atomic E-state index is 0.0506. The summed E-state index contributed by atoms with van der Waals surface area (Å²) in [7, 11) is 0. The Labute approximate surface area is 281 Å². The number of amides is 1. The van der Waals surface area contributed by atoms with Crippen LogP contribution < -0.4 is 5.32 Å². The second-order valence-corrected chi connectivity index (χ2v) is 14.2. The SMILES string of the molecule is O=C(CN1CCCCCC1C1CCN(Cc2ccccc2)CC1)Nc1cc(-c2ccc(C3CCCCC3)cc2)nn1-c1ccccc1. The molecular weight excluding hydrogens is 578 g/mol. The third-order valence-corrected chi connectivity index (χ3v) is 10.9. The smallest absolute Gasteiger partial charge is 0.239 e. The van der Waals surface area contributed by atoms with E-state index in [1.165, 1.54) is 81.8 Å². The van der Waals surface area contributed by atoms with E-state index in [9.17, 15) is 4.79 Å². The Hall–Kier alpha value is -3.74. The van der Waals surface area contributed by atoms with Crippen molar-refractivity contribution in [1.82, 2.24) is 19.6 Å². The number of para-hydroxylation sites is 1. The summed E-state index contributed by atoms with van der Waals surface area (Å²) < 4.78 is 1.89. The number of carbonyl (C=O) groups excluding carboxylic acids is 1. The lowest BCUT2D eigenvalue weighted by Crippen LogP contribution is -2.47. The summed E-state index contributed by atoms with van der Waals surface area (Å²) in [5.41, 5.74) is 5.75. The molecule has 47 heavy (non-hydrogen) atoms. The van der Waals surface area contributed by atoms with Crippen molar-refractivity contribution in [3.63, 3.8) is 0 Å². The number of nitrogens with one attached hydrogen (secondary N) is 1. The highest BCUT2D eigenvalue weighted by Gasteiger charge is 2.32. The Morgan fingerprint density at radius 1 is 0.723 bits per heavy atom. The molecule has 1 aromatic heterocycles. The molecule has 246 valence electrons. The number of hydrogen-bond acceptors (Lipinski definition) is 4. The van der Waals surface area contributed by atoms with Gasteiger partial charge in [-0.1, -0.05) is 105 Å². The van der Waals surface area contributed by atoms with E-state index in [-0.39, 0.29) is 5.91 Å². The topological polar surface area (TPSA) is 53.4 Å². The molecule has 3 fully saturated rings. The van der Waals surface area contributed by atoms with Gasteiger partial charge in [-0.15, -0.1) is 0 Å². The Morgan fingerprint density at radius 2 is 1.40 bits per heavy atom. The summed E-state index contributed by atoms with van der Waals surface area (Å²) in [6.45, 7) is 4.73. The number of nitrogens with zero attached hydrogens (tertiary/aromatic N) is 4. The van der Waals surface area contributed by atoms with Gasteiger partial charge in [-0.2, -0.15) is 5.10 Å². The molecule has 2 saturated heterocycles. The molecule has 1 amide bonds. The van der Waals surface area contributed by atoms with Crippen LogP contribution >= 0.6 is 0 Å². The predicted molar refractivity (Wildman–Crippen MR) is 192 cm³/mol. The first-order valence-corrected chi connectivity index (χ1v) is 18.3. The zero-order chi connectivity index (χ0) is 31.8. The molecule has 3 aromatic carbocycles. The first kappa shape index (κ1) is 31.8. The molecule has 2 aliphatic heterocycles. The molecule has 1 aliphatic carbocycles. The van der Waals surface area contributed by atoms with Gasteiger partial charge >= 0.3 is 0 Å². The van der Waals surface area contributed by atoms with Crippen molar-refractivity contribution < 1.29 is 4.79 Å². The second kappa shape index (κ2) is 15.4. The van der Waals surface area contributed by atoms with Crippen molar-refractivity contribution >= 4 is 11.7 Å². The zero-order valence-corrected chi connectivity index (χ0v) is 27.9. The van der Waals surface area contributed by atoms with Gasteiger partial charge in [0.2, 0.25) is 5.91 Å². The third-order valence-electron chi connectivity index (χ3n) is 10.9. The summed E-state index contributed by atoms with van der Waals surface area (Å²) in [5.74, 6) is 2.10. The van der Waals surface area contributed by atoms with Crippen LogP contribution in [0.25, 0.3) is 16.9 Å². The quantitative estimate of drug-likeness (QED) is 0.201. The zero-order valence-electron chi connectivity index (χ0n) is 27.9. The highest BCUT2D eigenvalue weighted by molar-refractivity contribution is 5.92. The lowest BCUT2D eigenvalue weighted by molar-refractivity contribution is -0.118. The van der Waals surface area contributed by atoms with Crippen LogP contribution in [0.15, 0.2) is 91.0 Å².